The molecule has 5 rings (SSSR count). The Balaban J connectivity index is 1.52. The average Bonchev–Trinajstić information content (AvgIpc) is 2.76. The third kappa shape index (κ3) is 5.28. The minimum absolute atomic E-state index is 0.113. The van der Waals surface area contributed by atoms with Crippen LogP contribution >= 0.6 is 39.1 Å². The second-order valence-electron chi connectivity index (χ2n) is 11.9. The zero-order valence-electron chi connectivity index (χ0n) is 21.4. The molecule has 0 saturated heterocycles. The Morgan fingerprint density at radius 3 is 2.03 bits per heavy atom. The lowest BCUT2D eigenvalue weighted by atomic mass is 9.64. The van der Waals surface area contributed by atoms with E-state index >= 15 is 0 Å². The minimum atomic E-state index is -0.380. The molecule has 1 aliphatic heterocycles. The van der Waals surface area contributed by atoms with Gasteiger partial charge in [0.2, 0.25) is 0 Å². The smallest absolute Gasteiger partial charge is 0.162 e. The fourth-order valence-corrected chi connectivity index (χ4v) is 6.80. The zero-order valence-corrected chi connectivity index (χ0v) is 24.5. The van der Waals surface area contributed by atoms with Crippen LogP contribution in [0.15, 0.2) is 63.4 Å². The zero-order chi connectivity index (χ0) is 26.7. The van der Waals surface area contributed by atoms with E-state index in [1.54, 1.807) is 12.1 Å². The van der Waals surface area contributed by atoms with Crippen LogP contribution in [0.3, 0.4) is 0 Å². The van der Waals surface area contributed by atoms with Crippen molar-refractivity contribution in [2.24, 2.45) is 10.8 Å². The summed E-state index contributed by atoms with van der Waals surface area (Å²) in [4.78, 5) is 27.0. The van der Waals surface area contributed by atoms with E-state index in [0.717, 1.165) is 51.0 Å². The number of hydrogen-bond donors (Lipinski definition) is 1. The van der Waals surface area contributed by atoms with Gasteiger partial charge in [0.1, 0.15) is 12.4 Å². The molecule has 2 aromatic rings. The van der Waals surface area contributed by atoms with Crippen LogP contribution in [0, 0.1) is 10.8 Å². The van der Waals surface area contributed by atoms with Crippen LogP contribution in [-0.2, 0) is 16.2 Å². The third-order valence-electron chi connectivity index (χ3n) is 7.41. The molecule has 37 heavy (non-hydrogen) atoms. The van der Waals surface area contributed by atoms with Crippen molar-refractivity contribution >= 4 is 50.7 Å². The number of halogens is 3. The van der Waals surface area contributed by atoms with Gasteiger partial charge in [-0.15, -0.1) is 0 Å². The molecule has 2 aromatic carbocycles. The lowest BCUT2D eigenvalue weighted by Gasteiger charge is -2.44. The van der Waals surface area contributed by atoms with E-state index in [1.807, 2.05) is 24.3 Å². The van der Waals surface area contributed by atoms with Gasteiger partial charge < -0.3 is 10.1 Å². The number of ether oxygens (including phenoxy) is 1. The normalized spacial score (nSPS) is 20.9. The summed E-state index contributed by atoms with van der Waals surface area (Å²) in [6.07, 6.45) is 2.49. The first kappa shape index (κ1) is 26.5. The van der Waals surface area contributed by atoms with Crippen LogP contribution in [-0.4, -0.2) is 11.6 Å². The molecule has 0 saturated carbocycles. The maximum Gasteiger partial charge on any atom is 0.162 e. The summed E-state index contributed by atoms with van der Waals surface area (Å²) >= 11 is 16.0. The molecule has 0 radical (unpaired) electrons. The Bertz CT molecular complexity index is 1340. The molecule has 0 fully saturated rings. The lowest BCUT2D eigenvalue weighted by Crippen LogP contribution is -2.42. The van der Waals surface area contributed by atoms with Crippen molar-refractivity contribution in [3.8, 4) is 5.75 Å². The number of carbonyl (C=O) groups is 2. The standard InChI is InChI=1S/C30H30BrCl2NO3/c1-29(2)11-21-27(23(35)13-29)26(28-22(34-21)12-30(3,4)14-24(28)36)16-6-8-25(19(31)9-16)37-15-17-5-7-18(32)10-20(17)33/h5-10,26,34H,11-15H2,1-4H3. The molecule has 0 amide bonds. The van der Waals surface area contributed by atoms with Crippen molar-refractivity contribution < 1.29 is 14.3 Å². The maximum atomic E-state index is 13.5. The number of allylic oxidation sites excluding steroid dienone is 4. The van der Waals surface area contributed by atoms with Gasteiger partial charge >= 0.3 is 0 Å². The van der Waals surface area contributed by atoms with Crippen molar-refractivity contribution in [3.63, 3.8) is 0 Å². The number of nitrogens with one attached hydrogen (secondary N) is 1. The van der Waals surface area contributed by atoms with E-state index in [4.69, 9.17) is 27.9 Å². The predicted molar refractivity (Wildman–Crippen MR) is 151 cm³/mol. The topological polar surface area (TPSA) is 55.4 Å². The minimum Gasteiger partial charge on any atom is -0.488 e. The van der Waals surface area contributed by atoms with Crippen LogP contribution in [0.2, 0.25) is 10.0 Å². The number of hydrogen-bond acceptors (Lipinski definition) is 4. The molecule has 0 atom stereocenters. The van der Waals surface area contributed by atoms with Gasteiger partial charge in [0, 0.05) is 56.9 Å². The van der Waals surface area contributed by atoms with Crippen LogP contribution in [0.4, 0.5) is 0 Å². The number of rotatable bonds is 4. The summed E-state index contributed by atoms with van der Waals surface area (Å²) in [5, 5.41) is 4.68. The first-order chi connectivity index (χ1) is 17.3. The Morgan fingerprint density at radius 1 is 0.892 bits per heavy atom. The van der Waals surface area contributed by atoms with E-state index in [-0.39, 0.29) is 34.9 Å². The highest BCUT2D eigenvalue weighted by molar-refractivity contribution is 9.10. The average molecular weight is 603 g/mol. The van der Waals surface area contributed by atoms with E-state index in [1.165, 1.54) is 0 Å². The second kappa shape index (κ2) is 9.59. The molecular weight excluding hydrogens is 573 g/mol. The highest BCUT2D eigenvalue weighted by Gasteiger charge is 2.46. The number of carbonyl (C=O) groups excluding carboxylic acids is 2. The van der Waals surface area contributed by atoms with Gasteiger partial charge in [-0.2, -0.15) is 0 Å². The monoisotopic (exact) mass is 601 g/mol. The number of Topliss-reactive ketones (excluding diaryl/α,β-unsaturated/α-hetero) is 2. The van der Waals surface area contributed by atoms with Crippen LogP contribution in [0.1, 0.15) is 70.4 Å². The van der Waals surface area contributed by atoms with E-state index < -0.39 is 0 Å². The van der Waals surface area contributed by atoms with Gasteiger partial charge in [-0.3, -0.25) is 9.59 Å². The molecule has 3 aliphatic rings. The molecule has 1 N–H and O–H groups in total. The van der Waals surface area contributed by atoms with E-state index in [2.05, 4.69) is 48.9 Å². The molecule has 194 valence electrons. The van der Waals surface area contributed by atoms with Crippen molar-refractivity contribution in [1.82, 2.24) is 5.32 Å². The van der Waals surface area contributed by atoms with Crippen LogP contribution in [0.25, 0.3) is 0 Å². The van der Waals surface area contributed by atoms with Crippen molar-refractivity contribution in [2.45, 2.75) is 65.9 Å². The van der Waals surface area contributed by atoms with Crippen LogP contribution < -0.4 is 10.1 Å². The second-order valence-corrected chi connectivity index (χ2v) is 13.6. The Hall–Kier alpha value is -2.08. The number of benzene rings is 2. The molecule has 0 bridgehead atoms. The number of ketones is 2. The Morgan fingerprint density at radius 2 is 1.49 bits per heavy atom. The largest absolute Gasteiger partial charge is 0.488 e. The summed E-state index contributed by atoms with van der Waals surface area (Å²) in [6.45, 7) is 8.79. The van der Waals surface area contributed by atoms with Gasteiger partial charge in [0.15, 0.2) is 11.6 Å². The molecule has 2 aliphatic carbocycles. The summed E-state index contributed by atoms with van der Waals surface area (Å²) in [6, 6.07) is 11.1. The molecule has 7 heteroatoms. The maximum absolute atomic E-state index is 13.5. The third-order valence-corrected chi connectivity index (χ3v) is 8.61. The van der Waals surface area contributed by atoms with Gasteiger partial charge in [0.05, 0.1) is 4.47 Å². The summed E-state index contributed by atoms with van der Waals surface area (Å²) in [5.41, 5.74) is 4.89. The lowest BCUT2D eigenvalue weighted by molar-refractivity contribution is -0.119. The predicted octanol–water partition coefficient (Wildman–Crippen LogP) is 8.31. The molecule has 4 nitrogen and oxygen atoms in total. The first-order valence-electron chi connectivity index (χ1n) is 12.5. The fraction of sp³-hybridized carbons (Fsp3) is 0.400. The van der Waals surface area contributed by atoms with E-state index in [9.17, 15) is 9.59 Å². The molecule has 0 unspecified atom stereocenters. The van der Waals surface area contributed by atoms with Crippen molar-refractivity contribution in [1.29, 1.82) is 0 Å². The quantitative estimate of drug-likeness (QED) is 0.382. The van der Waals surface area contributed by atoms with Gasteiger partial charge in [-0.1, -0.05) is 63.0 Å². The first-order valence-corrected chi connectivity index (χ1v) is 14.0. The van der Waals surface area contributed by atoms with Gasteiger partial charge in [-0.05, 0) is 69.4 Å². The van der Waals surface area contributed by atoms with Gasteiger partial charge in [-0.25, -0.2) is 0 Å². The highest BCUT2D eigenvalue weighted by Crippen LogP contribution is 2.51. The molecule has 0 spiro atoms. The highest BCUT2D eigenvalue weighted by atomic mass is 79.9. The number of dihydropyridines is 1. The molecule has 1 heterocycles. The van der Waals surface area contributed by atoms with Gasteiger partial charge in [0.25, 0.3) is 0 Å². The SMILES string of the molecule is CC1(C)CC(=O)C2=C(C1)NC1=C(C(=O)CC(C)(C)C1)C2c1ccc(OCc2ccc(Cl)cc2Cl)c(Br)c1. The Kier molecular flexibility index (Phi) is 6.87. The van der Waals surface area contributed by atoms with Crippen molar-refractivity contribution in [2.75, 3.05) is 0 Å². The van der Waals surface area contributed by atoms with Crippen molar-refractivity contribution in [3.05, 3.63) is 84.6 Å². The molecule has 0 aromatic heterocycles. The summed E-state index contributed by atoms with van der Waals surface area (Å²) in [7, 11) is 0. The fourth-order valence-electron chi connectivity index (χ4n) is 5.83. The van der Waals surface area contributed by atoms with E-state index in [0.29, 0.717) is 28.6 Å². The Labute approximate surface area is 236 Å². The molecular formula is C30H30BrCl2NO3. The summed E-state index contributed by atoms with van der Waals surface area (Å²) in [5.74, 6) is 0.498. The summed E-state index contributed by atoms with van der Waals surface area (Å²) < 4.78 is 6.81. The van der Waals surface area contributed by atoms with Crippen LogP contribution in [0.5, 0.6) is 5.75 Å².